The van der Waals surface area contributed by atoms with Gasteiger partial charge in [0, 0.05) is 44.6 Å². The van der Waals surface area contributed by atoms with Crippen LogP contribution in [0.2, 0.25) is 0 Å². The summed E-state index contributed by atoms with van der Waals surface area (Å²) < 4.78 is 10.6. The molecule has 1 heterocycles. The lowest BCUT2D eigenvalue weighted by atomic mass is 10.1. The van der Waals surface area contributed by atoms with Gasteiger partial charge in [-0.3, -0.25) is 9.59 Å². The SMILES string of the molecule is COc1cccc(C(=O)CCC(=O)N2CCN(c3ccccc3OC)CC2)c1. The average Bonchev–Trinajstić information content (AvgIpc) is 2.77. The van der Waals surface area contributed by atoms with Crippen LogP contribution in [0.5, 0.6) is 11.5 Å². The summed E-state index contributed by atoms with van der Waals surface area (Å²) in [6, 6.07) is 14.9. The van der Waals surface area contributed by atoms with Crippen molar-refractivity contribution in [2.45, 2.75) is 12.8 Å². The lowest BCUT2D eigenvalue weighted by Crippen LogP contribution is -2.48. The molecule has 0 unspecified atom stereocenters. The molecule has 1 aliphatic heterocycles. The van der Waals surface area contributed by atoms with Crippen LogP contribution in [-0.4, -0.2) is 57.0 Å². The summed E-state index contributed by atoms with van der Waals surface area (Å²) >= 11 is 0. The monoisotopic (exact) mass is 382 g/mol. The largest absolute Gasteiger partial charge is 0.497 e. The Morgan fingerprint density at radius 1 is 0.893 bits per heavy atom. The quantitative estimate of drug-likeness (QED) is 0.689. The van der Waals surface area contributed by atoms with Crippen LogP contribution in [0.15, 0.2) is 48.5 Å². The van der Waals surface area contributed by atoms with Crippen LogP contribution >= 0.6 is 0 Å². The molecule has 2 aromatic rings. The summed E-state index contributed by atoms with van der Waals surface area (Å²) in [5.74, 6) is 1.46. The fourth-order valence-corrected chi connectivity index (χ4v) is 3.41. The lowest BCUT2D eigenvalue weighted by Gasteiger charge is -2.36. The first-order valence-corrected chi connectivity index (χ1v) is 9.45. The molecule has 0 spiro atoms. The maximum Gasteiger partial charge on any atom is 0.223 e. The third kappa shape index (κ3) is 4.63. The maximum absolute atomic E-state index is 12.5. The Morgan fingerprint density at radius 3 is 2.36 bits per heavy atom. The van der Waals surface area contributed by atoms with E-state index in [1.807, 2.05) is 29.2 Å². The second-order valence-electron chi connectivity index (χ2n) is 6.69. The number of amides is 1. The summed E-state index contributed by atoms with van der Waals surface area (Å²) in [6.07, 6.45) is 0.434. The molecule has 0 saturated carbocycles. The number of carbonyl (C=O) groups is 2. The molecule has 1 saturated heterocycles. The molecular formula is C22H26N2O4. The molecule has 1 amide bonds. The van der Waals surface area contributed by atoms with Crippen molar-refractivity contribution in [2.75, 3.05) is 45.3 Å². The number of hydrogen-bond donors (Lipinski definition) is 0. The number of benzene rings is 2. The van der Waals surface area contributed by atoms with Crippen molar-refractivity contribution in [3.05, 3.63) is 54.1 Å². The number of hydrogen-bond acceptors (Lipinski definition) is 5. The number of ketones is 1. The third-order valence-electron chi connectivity index (χ3n) is 5.02. The minimum Gasteiger partial charge on any atom is -0.497 e. The van der Waals surface area contributed by atoms with Crippen LogP contribution < -0.4 is 14.4 Å². The van der Waals surface area contributed by atoms with Crippen molar-refractivity contribution < 1.29 is 19.1 Å². The molecule has 0 bridgehead atoms. The normalized spacial score (nSPS) is 13.9. The van der Waals surface area contributed by atoms with Gasteiger partial charge < -0.3 is 19.3 Å². The summed E-state index contributed by atoms with van der Waals surface area (Å²) in [4.78, 5) is 29.0. The minimum atomic E-state index is -0.0418. The van der Waals surface area contributed by atoms with E-state index in [0.29, 0.717) is 24.4 Å². The number of carbonyl (C=O) groups excluding carboxylic acids is 2. The van der Waals surface area contributed by atoms with E-state index in [4.69, 9.17) is 9.47 Å². The Balaban J connectivity index is 1.50. The molecule has 28 heavy (non-hydrogen) atoms. The molecule has 0 radical (unpaired) electrons. The zero-order valence-electron chi connectivity index (χ0n) is 16.4. The van der Waals surface area contributed by atoms with E-state index in [2.05, 4.69) is 4.90 Å². The van der Waals surface area contributed by atoms with E-state index in [9.17, 15) is 9.59 Å². The lowest BCUT2D eigenvalue weighted by molar-refractivity contribution is -0.131. The molecule has 148 valence electrons. The number of ether oxygens (including phenoxy) is 2. The second kappa shape index (κ2) is 9.26. The molecule has 0 aliphatic carbocycles. The van der Waals surface area contributed by atoms with Crippen molar-refractivity contribution in [1.29, 1.82) is 0 Å². The van der Waals surface area contributed by atoms with Crippen molar-refractivity contribution in [3.63, 3.8) is 0 Å². The van der Waals surface area contributed by atoms with E-state index in [1.54, 1.807) is 38.5 Å². The molecule has 2 aromatic carbocycles. The van der Waals surface area contributed by atoms with Crippen LogP contribution in [0, 0.1) is 0 Å². The first-order chi connectivity index (χ1) is 13.6. The molecule has 0 atom stereocenters. The van der Waals surface area contributed by atoms with Gasteiger partial charge in [-0.2, -0.15) is 0 Å². The smallest absolute Gasteiger partial charge is 0.223 e. The number of methoxy groups -OCH3 is 2. The van der Waals surface area contributed by atoms with Crippen LogP contribution in [0.4, 0.5) is 5.69 Å². The Bertz CT molecular complexity index is 829. The predicted octanol–water partition coefficient (Wildman–Crippen LogP) is 3.02. The van der Waals surface area contributed by atoms with E-state index in [1.165, 1.54) is 0 Å². The minimum absolute atomic E-state index is 0.0240. The Labute approximate surface area is 165 Å². The van der Waals surface area contributed by atoms with E-state index in [-0.39, 0.29) is 24.5 Å². The van der Waals surface area contributed by atoms with E-state index >= 15 is 0 Å². The van der Waals surface area contributed by atoms with Crippen molar-refractivity contribution in [1.82, 2.24) is 4.90 Å². The number of anilines is 1. The molecular weight excluding hydrogens is 356 g/mol. The molecule has 6 nitrogen and oxygen atoms in total. The number of piperazine rings is 1. The van der Waals surface area contributed by atoms with Crippen molar-refractivity contribution >= 4 is 17.4 Å². The molecule has 1 fully saturated rings. The number of rotatable bonds is 7. The summed E-state index contributed by atoms with van der Waals surface area (Å²) in [5, 5.41) is 0. The highest BCUT2D eigenvalue weighted by molar-refractivity contribution is 5.98. The van der Waals surface area contributed by atoms with Gasteiger partial charge in [0.1, 0.15) is 11.5 Å². The van der Waals surface area contributed by atoms with Gasteiger partial charge in [-0.1, -0.05) is 24.3 Å². The third-order valence-corrected chi connectivity index (χ3v) is 5.02. The maximum atomic E-state index is 12.5. The first kappa shape index (κ1) is 19.7. The zero-order valence-corrected chi connectivity index (χ0v) is 16.4. The first-order valence-electron chi connectivity index (χ1n) is 9.45. The van der Waals surface area contributed by atoms with Gasteiger partial charge in [0.15, 0.2) is 5.78 Å². The highest BCUT2D eigenvalue weighted by Gasteiger charge is 2.23. The molecule has 0 N–H and O–H groups in total. The van der Waals surface area contributed by atoms with Gasteiger partial charge in [0.25, 0.3) is 0 Å². The van der Waals surface area contributed by atoms with Gasteiger partial charge in [0.2, 0.25) is 5.91 Å². The molecule has 1 aliphatic rings. The predicted molar refractivity (Wildman–Crippen MR) is 108 cm³/mol. The fourth-order valence-electron chi connectivity index (χ4n) is 3.41. The van der Waals surface area contributed by atoms with E-state index in [0.717, 1.165) is 24.5 Å². The Hall–Kier alpha value is -3.02. The highest BCUT2D eigenvalue weighted by atomic mass is 16.5. The summed E-state index contributed by atoms with van der Waals surface area (Å²) in [6.45, 7) is 2.78. The fraction of sp³-hybridized carbons (Fsp3) is 0.364. The molecule has 6 heteroatoms. The van der Waals surface area contributed by atoms with Gasteiger partial charge >= 0.3 is 0 Å². The Kier molecular flexibility index (Phi) is 6.53. The highest BCUT2D eigenvalue weighted by Crippen LogP contribution is 2.28. The van der Waals surface area contributed by atoms with Gasteiger partial charge in [-0.05, 0) is 24.3 Å². The average molecular weight is 382 g/mol. The van der Waals surface area contributed by atoms with Crippen molar-refractivity contribution in [3.8, 4) is 11.5 Å². The van der Waals surface area contributed by atoms with Crippen LogP contribution in [0.25, 0.3) is 0 Å². The number of nitrogens with zero attached hydrogens (tertiary/aromatic N) is 2. The van der Waals surface area contributed by atoms with E-state index < -0.39 is 0 Å². The van der Waals surface area contributed by atoms with Gasteiger partial charge in [-0.15, -0.1) is 0 Å². The number of para-hydroxylation sites is 2. The van der Waals surface area contributed by atoms with Crippen molar-refractivity contribution in [2.24, 2.45) is 0 Å². The Morgan fingerprint density at radius 2 is 1.64 bits per heavy atom. The topological polar surface area (TPSA) is 59.1 Å². The summed E-state index contributed by atoms with van der Waals surface area (Å²) in [7, 11) is 3.23. The second-order valence-corrected chi connectivity index (χ2v) is 6.69. The van der Waals surface area contributed by atoms with Crippen LogP contribution in [0.1, 0.15) is 23.2 Å². The standard InChI is InChI=1S/C22H26N2O4/c1-27-18-7-5-6-17(16-18)20(25)10-11-22(26)24-14-12-23(13-15-24)19-8-3-4-9-21(19)28-2/h3-9,16H,10-15H2,1-2H3. The van der Waals surface area contributed by atoms with Crippen LogP contribution in [0.3, 0.4) is 0 Å². The zero-order chi connectivity index (χ0) is 19.9. The van der Waals surface area contributed by atoms with Crippen LogP contribution in [-0.2, 0) is 4.79 Å². The van der Waals surface area contributed by atoms with Gasteiger partial charge in [0.05, 0.1) is 19.9 Å². The number of Topliss-reactive ketones (excluding diaryl/α,β-unsaturated/α-hetero) is 1. The molecule has 3 rings (SSSR count). The summed E-state index contributed by atoms with van der Waals surface area (Å²) in [5.41, 5.74) is 1.62. The molecule has 0 aromatic heterocycles. The van der Waals surface area contributed by atoms with Gasteiger partial charge in [-0.25, -0.2) is 0 Å².